The van der Waals surface area contributed by atoms with Gasteiger partial charge in [0.05, 0.1) is 5.75 Å². The molecule has 2 rings (SSSR count). The highest BCUT2D eigenvalue weighted by Gasteiger charge is 2.26. The van der Waals surface area contributed by atoms with Gasteiger partial charge in [-0.15, -0.1) is 0 Å². The number of hydrogen-bond acceptors (Lipinski definition) is 3. The number of sulfonamides is 1. The topological polar surface area (TPSA) is 57.7 Å². The van der Waals surface area contributed by atoms with E-state index in [1.54, 1.807) is 4.90 Å². The number of nitrogens with zero attached hydrogens (tertiary/aromatic N) is 2. The van der Waals surface area contributed by atoms with Gasteiger partial charge in [-0.1, -0.05) is 32.9 Å². The molecular weight excluding hydrogens is 336 g/mol. The van der Waals surface area contributed by atoms with E-state index < -0.39 is 10.0 Å². The Hall–Kier alpha value is -1.40. The van der Waals surface area contributed by atoms with Crippen LogP contribution in [-0.2, 0) is 10.0 Å². The van der Waals surface area contributed by atoms with Crippen molar-refractivity contribution in [1.82, 2.24) is 9.21 Å². The highest BCUT2D eigenvalue weighted by molar-refractivity contribution is 7.89. The zero-order chi connectivity index (χ0) is 18.4. The number of benzene rings is 1. The predicted octanol–water partition coefficient (Wildman–Crippen LogP) is 3.09. The lowest BCUT2D eigenvalue weighted by atomic mass is 9.97. The highest BCUT2D eigenvalue weighted by Crippen LogP contribution is 2.20. The number of hydrogen-bond donors (Lipinski definition) is 0. The molecule has 1 fully saturated rings. The maximum absolute atomic E-state index is 12.7. The summed E-state index contributed by atoms with van der Waals surface area (Å²) in [5.41, 5.74) is 1.92. The van der Waals surface area contributed by atoms with Gasteiger partial charge in [-0.05, 0) is 42.9 Å². The number of amides is 1. The van der Waals surface area contributed by atoms with Gasteiger partial charge in [0.2, 0.25) is 10.0 Å². The largest absolute Gasteiger partial charge is 0.337 e. The second-order valence-electron chi connectivity index (χ2n) is 6.79. The zero-order valence-electron chi connectivity index (χ0n) is 15.6. The molecule has 5 nitrogen and oxygen atoms in total. The van der Waals surface area contributed by atoms with Crippen molar-refractivity contribution >= 4 is 15.9 Å². The molecule has 1 aliphatic rings. The molecule has 0 bridgehead atoms. The molecule has 1 atom stereocenters. The summed E-state index contributed by atoms with van der Waals surface area (Å²) in [6.07, 6.45) is 2.37. The summed E-state index contributed by atoms with van der Waals surface area (Å²) in [4.78, 5) is 14.5. The second kappa shape index (κ2) is 8.81. The third-order valence-electron chi connectivity index (χ3n) is 4.94. The Morgan fingerprint density at radius 1 is 1.08 bits per heavy atom. The first kappa shape index (κ1) is 19.9. The van der Waals surface area contributed by atoms with Gasteiger partial charge in [0.15, 0.2) is 0 Å². The Balaban J connectivity index is 2.03. The van der Waals surface area contributed by atoms with Crippen LogP contribution in [0.3, 0.4) is 0 Å². The van der Waals surface area contributed by atoms with Crippen molar-refractivity contribution in [3.63, 3.8) is 0 Å². The van der Waals surface area contributed by atoms with Gasteiger partial charge in [0.1, 0.15) is 0 Å². The molecule has 0 aromatic heterocycles. The Morgan fingerprint density at radius 2 is 1.76 bits per heavy atom. The fraction of sp³-hybridized carbons (Fsp3) is 0.632. The van der Waals surface area contributed by atoms with E-state index in [9.17, 15) is 13.2 Å². The van der Waals surface area contributed by atoms with Crippen molar-refractivity contribution in [2.24, 2.45) is 0 Å². The van der Waals surface area contributed by atoms with Gasteiger partial charge in [-0.3, -0.25) is 4.79 Å². The minimum Gasteiger partial charge on any atom is -0.337 e. The van der Waals surface area contributed by atoms with Crippen molar-refractivity contribution in [2.45, 2.75) is 46.0 Å². The summed E-state index contributed by atoms with van der Waals surface area (Å²) in [7, 11) is -3.19. The smallest absolute Gasteiger partial charge is 0.253 e. The molecule has 0 saturated carbocycles. The minimum absolute atomic E-state index is 0.00885. The molecule has 25 heavy (non-hydrogen) atoms. The van der Waals surface area contributed by atoms with E-state index >= 15 is 0 Å². The number of carbonyl (C=O) groups is 1. The van der Waals surface area contributed by atoms with Gasteiger partial charge in [-0.25, -0.2) is 12.7 Å². The average Bonchev–Trinajstić information content (AvgIpc) is 2.87. The Morgan fingerprint density at radius 3 is 2.36 bits per heavy atom. The third kappa shape index (κ3) is 5.05. The number of carbonyl (C=O) groups excluding carboxylic acids is 1. The van der Waals surface area contributed by atoms with Crippen LogP contribution in [0.15, 0.2) is 24.3 Å². The van der Waals surface area contributed by atoms with Gasteiger partial charge in [0, 0.05) is 31.7 Å². The SMILES string of the molecule is CCCS(=O)(=O)N1CCCN(C(=O)c2ccc(C(C)CC)cc2)CC1. The maximum Gasteiger partial charge on any atom is 0.253 e. The first-order valence-corrected chi connectivity index (χ1v) is 10.9. The summed E-state index contributed by atoms with van der Waals surface area (Å²) >= 11 is 0. The second-order valence-corrected chi connectivity index (χ2v) is 8.88. The van der Waals surface area contributed by atoms with Crippen LogP contribution in [0.2, 0.25) is 0 Å². The lowest BCUT2D eigenvalue weighted by molar-refractivity contribution is 0.0764. The fourth-order valence-electron chi connectivity index (χ4n) is 3.13. The van der Waals surface area contributed by atoms with Gasteiger partial charge < -0.3 is 4.90 Å². The molecule has 6 heteroatoms. The zero-order valence-corrected chi connectivity index (χ0v) is 16.4. The Kier molecular flexibility index (Phi) is 7.02. The van der Waals surface area contributed by atoms with E-state index in [1.165, 1.54) is 9.87 Å². The van der Waals surface area contributed by atoms with Crippen LogP contribution in [-0.4, -0.2) is 55.5 Å². The van der Waals surface area contributed by atoms with Crippen LogP contribution in [0, 0.1) is 0 Å². The van der Waals surface area contributed by atoms with Crippen molar-refractivity contribution in [2.75, 3.05) is 31.9 Å². The summed E-state index contributed by atoms with van der Waals surface area (Å²) in [5, 5.41) is 0. The Labute approximate surface area is 152 Å². The molecule has 1 unspecified atom stereocenters. The molecule has 140 valence electrons. The molecule has 1 aromatic carbocycles. The van der Waals surface area contributed by atoms with Gasteiger partial charge >= 0.3 is 0 Å². The Bertz CT molecular complexity index is 670. The van der Waals surface area contributed by atoms with Crippen LogP contribution < -0.4 is 0 Å². The van der Waals surface area contributed by atoms with Crippen LogP contribution in [0.4, 0.5) is 0 Å². The molecule has 1 aromatic rings. The molecular formula is C19H30N2O3S. The van der Waals surface area contributed by atoms with Crippen molar-refractivity contribution in [1.29, 1.82) is 0 Å². The van der Waals surface area contributed by atoms with E-state index in [0.717, 1.165) is 6.42 Å². The maximum atomic E-state index is 12.7. The monoisotopic (exact) mass is 366 g/mol. The molecule has 0 spiro atoms. The molecule has 1 saturated heterocycles. The lowest BCUT2D eigenvalue weighted by Gasteiger charge is -2.22. The third-order valence-corrected chi connectivity index (χ3v) is 7.01. The minimum atomic E-state index is -3.19. The normalized spacial score (nSPS) is 18.0. The first-order chi connectivity index (χ1) is 11.9. The first-order valence-electron chi connectivity index (χ1n) is 9.26. The van der Waals surface area contributed by atoms with Crippen LogP contribution >= 0.6 is 0 Å². The van der Waals surface area contributed by atoms with Crippen LogP contribution in [0.25, 0.3) is 0 Å². The van der Waals surface area contributed by atoms with Gasteiger partial charge in [0.25, 0.3) is 5.91 Å². The summed E-state index contributed by atoms with van der Waals surface area (Å²) < 4.78 is 26.0. The highest BCUT2D eigenvalue weighted by atomic mass is 32.2. The van der Waals surface area contributed by atoms with Crippen molar-refractivity contribution < 1.29 is 13.2 Å². The molecule has 1 heterocycles. The summed E-state index contributed by atoms with van der Waals surface area (Å²) in [6.45, 7) is 8.14. The van der Waals surface area contributed by atoms with E-state index in [0.29, 0.717) is 50.5 Å². The quantitative estimate of drug-likeness (QED) is 0.777. The van der Waals surface area contributed by atoms with Crippen molar-refractivity contribution in [3.8, 4) is 0 Å². The van der Waals surface area contributed by atoms with E-state index in [4.69, 9.17) is 0 Å². The standard InChI is InChI=1S/C19H30N2O3S/c1-4-15-25(23,24)21-12-6-11-20(13-14-21)19(22)18-9-7-17(8-10-18)16(3)5-2/h7-10,16H,4-6,11-15H2,1-3H3. The predicted molar refractivity (Wildman–Crippen MR) is 101 cm³/mol. The lowest BCUT2D eigenvalue weighted by Crippen LogP contribution is -2.38. The molecule has 0 aliphatic carbocycles. The molecule has 0 N–H and O–H groups in total. The molecule has 1 amide bonds. The van der Waals surface area contributed by atoms with E-state index in [2.05, 4.69) is 13.8 Å². The molecule has 1 aliphatic heterocycles. The average molecular weight is 367 g/mol. The van der Waals surface area contributed by atoms with Crippen molar-refractivity contribution in [3.05, 3.63) is 35.4 Å². The van der Waals surface area contributed by atoms with Crippen LogP contribution in [0.1, 0.15) is 61.9 Å². The summed E-state index contributed by atoms with van der Waals surface area (Å²) in [5.74, 6) is 0.656. The fourth-order valence-corrected chi connectivity index (χ4v) is 4.68. The summed E-state index contributed by atoms with van der Waals surface area (Å²) in [6, 6.07) is 7.83. The van der Waals surface area contributed by atoms with E-state index in [-0.39, 0.29) is 11.7 Å². The van der Waals surface area contributed by atoms with E-state index in [1.807, 2.05) is 31.2 Å². The molecule has 0 radical (unpaired) electrons. The van der Waals surface area contributed by atoms with Crippen LogP contribution in [0.5, 0.6) is 0 Å². The van der Waals surface area contributed by atoms with Gasteiger partial charge in [-0.2, -0.15) is 0 Å². The number of rotatable bonds is 6.